The number of hydrogen-bond acceptors (Lipinski definition) is 5. The Morgan fingerprint density at radius 1 is 1.20 bits per heavy atom. The van der Waals surface area contributed by atoms with Gasteiger partial charge in [-0.3, -0.25) is 4.79 Å². The normalized spacial score (nSPS) is 15.0. The van der Waals surface area contributed by atoms with Gasteiger partial charge in [-0.25, -0.2) is 4.79 Å². The van der Waals surface area contributed by atoms with Crippen molar-refractivity contribution in [3.63, 3.8) is 0 Å². The average molecular weight is 350 g/mol. The molecule has 0 fully saturated rings. The van der Waals surface area contributed by atoms with Crippen LogP contribution in [-0.2, 0) is 25.7 Å². The Hall–Kier alpha value is -2.21. The van der Waals surface area contributed by atoms with Crippen molar-refractivity contribution in [2.24, 2.45) is 17.3 Å². The van der Waals surface area contributed by atoms with Crippen molar-refractivity contribution in [2.45, 2.75) is 40.4 Å². The molecule has 25 heavy (non-hydrogen) atoms. The highest BCUT2D eigenvalue weighted by molar-refractivity contribution is 5.98. The molecule has 1 rings (SSSR count). The first-order valence-corrected chi connectivity index (χ1v) is 8.21. The minimum atomic E-state index is -1.46. The van der Waals surface area contributed by atoms with Crippen molar-refractivity contribution in [3.05, 3.63) is 35.9 Å². The van der Waals surface area contributed by atoms with Crippen molar-refractivity contribution in [2.75, 3.05) is 6.61 Å². The molecule has 1 aromatic rings. The summed E-state index contributed by atoms with van der Waals surface area (Å²) in [6.45, 7) is 6.96. The largest absolute Gasteiger partial charge is 0.506 e. The van der Waals surface area contributed by atoms with E-state index in [0.29, 0.717) is 12.9 Å². The third kappa shape index (κ3) is 6.31. The highest BCUT2D eigenvalue weighted by Gasteiger charge is 2.39. The molecule has 138 valence electrons. The summed E-state index contributed by atoms with van der Waals surface area (Å²) in [5.41, 5.74) is -0.193. The van der Waals surface area contributed by atoms with Crippen LogP contribution in [0.2, 0.25) is 0 Å². The molecule has 0 radical (unpaired) electrons. The van der Waals surface area contributed by atoms with E-state index in [0.717, 1.165) is 5.56 Å². The zero-order valence-corrected chi connectivity index (χ0v) is 15.1. The van der Waals surface area contributed by atoms with Crippen LogP contribution in [0.5, 0.6) is 0 Å². The predicted molar refractivity (Wildman–Crippen MR) is 92.2 cm³/mol. The van der Waals surface area contributed by atoms with Gasteiger partial charge in [0.1, 0.15) is 12.4 Å². The first kappa shape index (κ1) is 20.8. The number of rotatable bonds is 10. The molecule has 0 aliphatic heterocycles. The Kier molecular flexibility index (Phi) is 7.77. The second-order valence-corrected chi connectivity index (χ2v) is 6.82. The van der Waals surface area contributed by atoms with Gasteiger partial charge in [-0.2, -0.15) is 0 Å². The number of ether oxygens (including phenoxy) is 2. The van der Waals surface area contributed by atoms with Crippen molar-refractivity contribution < 1.29 is 29.0 Å². The van der Waals surface area contributed by atoms with Crippen LogP contribution in [0, 0.1) is 17.3 Å². The quantitative estimate of drug-likeness (QED) is 0.395. The summed E-state index contributed by atoms with van der Waals surface area (Å²) >= 11 is 0. The van der Waals surface area contributed by atoms with Crippen LogP contribution in [0.15, 0.2) is 30.3 Å². The first-order valence-electron chi connectivity index (χ1n) is 8.21. The molecule has 6 nitrogen and oxygen atoms in total. The Morgan fingerprint density at radius 2 is 1.80 bits per heavy atom. The number of aldehydes is 1. The van der Waals surface area contributed by atoms with E-state index in [2.05, 4.69) is 0 Å². The summed E-state index contributed by atoms with van der Waals surface area (Å²) in [6, 6.07) is 9.57. The zero-order valence-electron chi connectivity index (χ0n) is 15.1. The molecule has 1 aromatic carbocycles. The van der Waals surface area contributed by atoms with E-state index in [4.69, 9.17) is 14.6 Å². The van der Waals surface area contributed by atoms with E-state index >= 15 is 0 Å². The standard InChI is InChI=1S/C19H26O6/c1-13(10-24-11-15-8-6-5-7-9-15)16(25-18(22)23)14(2)17(21)19(3,4)12-20/h5-9,12-14,16H,10-11H2,1-4H3,(H,22,23). The lowest BCUT2D eigenvalue weighted by atomic mass is 9.78. The van der Waals surface area contributed by atoms with Gasteiger partial charge in [0.15, 0.2) is 5.78 Å². The zero-order chi connectivity index (χ0) is 19.0. The second kappa shape index (κ2) is 9.32. The smallest absolute Gasteiger partial charge is 0.450 e. The number of ketones is 1. The fraction of sp³-hybridized carbons (Fsp3) is 0.526. The van der Waals surface area contributed by atoms with E-state index in [-0.39, 0.29) is 18.3 Å². The van der Waals surface area contributed by atoms with Gasteiger partial charge in [0.05, 0.1) is 24.5 Å². The summed E-state index contributed by atoms with van der Waals surface area (Å²) in [5.74, 6) is -1.46. The van der Waals surface area contributed by atoms with Gasteiger partial charge in [-0.05, 0) is 19.4 Å². The lowest BCUT2D eigenvalue weighted by Crippen LogP contribution is -2.42. The Bertz CT molecular complexity index is 581. The fourth-order valence-electron chi connectivity index (χ4n) is 2.65. The summed E-state index contributed by atoms with van der Waals surface area (Å²) in [4.78, 5) is 34.6. The number of carboxylic acid groups (broad SMARTS) is 1. The maximum Gasteiger partial charge on any atom is 0.506 e. The van der Waals surface area contributed by atoms with E-state index in [9.17, 15) is 14.4 Å². The van der Waals surface area contributed by atoms with Crippen molar-refractivity contribution >= 4 is 18.2 Å². The highest BCUT2D eigenvalue weighted by Crippen LogP contribution is 2.26. The van der Waals surface area contributed by atoms with Gasteiger partial charge >= 0.3 is 6.16 Å². The molecule has 0 spiro atoms. The Morgan fingerprint density at radius 3 is 2.32 bits per heavy atom. The van der Waals surface area contributed by atoms with E-state index in [1.807, 2.05) is 30.3 Å². The number of carbonyl (C=O) groups excluding carboxylic acids is 2. The van der Waals surface area contributed by atoms with Crippen molar-refractivity contribution in [1.82, 2.24) is 0 Å². The molecule has 0 heterocycles. The lowest BCUT2D eigenvalue weighted by molar-refractivity contribution is -0.140. The first-order chi connectivity index (χ1) is 11.7. The maximum atomic E-state index is 12.5. The monoisotopic (exact) mass is 350 g/mol. The third-order valence-electron chi connectivity index (χ3n) is 4.13. The van der Waals surface area contributed by atoms with Gasteiger partial charge in [-0.1, -0.05) is 44.2 Å². The summed E-state index contributed by atoms with van der Waals surface area (Å²) in [7, 11) is 0. The molecule has 0 saturated carbocycles. The number of Topliss-reactive ketones (excluding diaryl/α,β-unsaturated/α-hetero) is 1. The van der Waals surface area contributed by atoms with Crippen LogP contribution < -0.4 is 0 Å². The number of carbonyl (C=O) groups is 3. The molecular weight excluding hydrogens is 324 g/mol. The maximum absolute atomic E-state index is 12.5. The molecule has 3 atom stereocenters. The number of hydrogen-bond donors (Lipinski definition) is 1. The van der Waals surface area contributed by atoms with Gasteiger partial charge < -0.3 is 19.4 Å². The van der Waals surface area contributed by atoms with Gasteiger partial charge in [-0.15, -0.1) is 0 Å². The molecule has 0 aromatic heterocycles. The average Bonchev–Trinajstić information content (AvgIpc) is 2.59. The molecule has 0 saturated heterocycles. The summed E-state index contributed by atoms with van der Waals surface area (Å²) in [5, 5.41) is 8.98. The molecule has 3 unspecified atom stereocenters. The Labute approximate surface area is 148 Å². The van der Waals surface area contributed by atoms with Crippen LogP contribution in [0.1, 0.15) is 33.3 Å². The molecular formula is C19H26O6. The molecule has 1 N–H and O–H groups in total. The fourth-order valence-corrected chi connectivity index (χ4v) is 2.65. The van der Waals surface area contributed by atoms with Gasteiger partial charge in [0.2, 0.25) is 0 Å². The van der Waals surface area contributed by atoms with Gasteiger partial charge in [0, 0.05) is 5.92 Å². The van der Waals surface area contributed by atoms with Crippen molar-refractivity contribution in [1.29, 1.82) is 0 Å². The molecule has 0 aliphatic rings. The van der Waals surface area contributed by atoms with E-state index in [1.165, 1.54) is 13.8 Å². The minimum Gasteiger partial charge on any atom is -0.450 e. The Balaban J connectivity index is 2.74. The predicted octanol–water partition coefficient (Wildman–Crippen LogP) is 3.33. The highest BCUT2D eigenvalue weighted by atomic mass is 16.7. The molecule has 6 heteroatoms. The molecule has 0 bridgehead atoms. The van der Waals surface area contributed by atoms with Crippen LogP contribution >= 0.6 is 0 Å². The van der Waals surface area contributed by atoms with Crippen LogP contribution in [0.3, 0.4) is 0 Å². The van der Waals surface area contributed by atoms with Gasteiger partial charge in [0.25, 0.3) is 0 Å². The summed E-state index contributed by atoms with van der Waals surface area (Å²) in [6.07, 6.45) is -1.77. The molecule has 0 amide bonds. The SMILES string of the molecule is CC(COCc1ccccc1)C(OC(=O)O)C(C)C(=O)C(C)(C)C=O. The lowest BCUT2D eigenvalue weighted by Gasteiger charge is -2.30. The summed E-state index contributed by atoms with van der Waals surface area (Å²) < 4.78 is 10.6. The van der Waals surface area contributed by atoms with Crippen molar-refractivity contribution in [3.8, 4) is 0 Å². The number of benzene rings is 1. The molecule has 0 aliphatic carbocycles. The third-order valence-corrected chi connectivity index (χ3v) is 4.13. The minimum absolute atomic E-state index is 0.228. The van der Waals surface area contributed by atoms with E-state index < -0.39 is 23.6 Å². The second-order valence-electron chi connectivity index (χ2n) is 6.82. The van der Waals surface area contributed by atoms with Crippen LogP contribution in [-0.4, -0.2) is 36.0 Å². The van der Waals surface area contributed by atoms with Crippen LogP contribution in [0.4, 0.5) is 4.79 Å². The van der Waals surface area contributed by atoms with Crippen LogP contribution in [0.25, 0.3) is 0 Å². The van der Waals surface area contributed by atoms with E-state index in [1.54, 1.807) is 13.8 Å². The topological polar surface area (TPSA) is 89.9 Å².